The van der Waals surface area contributed by atoms with E-state index in [-0.39, 0.29) is 5.91 Å². The average Bonchev–Trinajstić information content (AvgIpc) is 2.92. The standard InChI is InChI=1S/C15H23N3O2/c1-18(12-5-3-4-6-12)10-15(19)17-13-9-11(16)7-8-14(13)20-2/h7-9,12H,3-6,10,16H2,1-2H3,(H,17,19). The number of nitrogens with zero attached hydrogens (tertiary/aromatic N) is 1. The third-order valence-corrected chi connectivity index (χ3v) is 3.84. The van der Waals surface area contributed by atoms with Crippen molar-refractivity contribution in [2.45, 2.75) is 31.7 Å². The van der Waals surface area contributed by atoms with Gasteiger partial charge in [0.25, 0.3) is 0 Å². The summed E-state index contributed by atoms with van der Waals surface area (Å²) in [6, 6.07) is 5.75. The van der Waals surface area contributed by atoms with Crippen molar-refractivity contribution in [1.82, 2.24) is 4.90 Å². The van der Waals surface area contributed by atoms with E-state index in [0.29, 0.717) is 29.7 Å². The topological polar surface area (TPSA) is 67.6 Å². The number of rotatable bonds is 5. The molecule has 0 bridgehead atoms. The maximum Gasteiger partial charge on any atom is 0.238 e. The highest BCUT2D eigenvalue weighted by Crippen LogP contribution is 2.27. The zero-order valence-electron chi connectivity index (χ0n) is 12.2. The van der Waals surface area contributed by atoms with Crippen molar-refractivity contribution < 1.29 is 9.53 Å². The minimum Gasteiger partial charge on any atom is -0.495 e. The Balaban J connectivity index is 1.95. The van der Waals surface area contributed by atoms with Crippen molar-refractivity contribution in [1.29, 1.82) is 0 Å². The van der Waals surface area contributed by atoms with E-state index in [2.05, 4.69) is 10.2 Å². The molecule has 1 aliphatic rings. The van der Waals surface area contributed by atoms with Crippen LogP contribution in [0, 0.1) is 0 Å². The van der Waals surface area contributed by atoms with Crippen molar-refractivity contribution in [3.63, 3.8) is 0 Å². The summed E-state index contributed by atoms with van der Waals surface area (Å²) in [5.74, 6) is 0.583. The highest BCUT2D eigenvalue weighted by molar-refractivity contribution is 5.94. The van der Waals surface area contributed by atoms with Crippen LogP contribution in [-0.4, -0.2) is 37.6 Å². The van der Waals surface area contributed by atoms with Gasteiger partial charge in [-0.15, -0.1) is 0 Å². The molecule has 1 aliphatic carbocycles. The fraction of sp³-hybridized carbons (Fsp3) is 0.533. The Morgan fingerprint density at radius 1 is 1.45 bits per heavy atom. The first-order valence-corrected chi connectivity index (χ1v) is 7.03. The Labute approximate surface area is 120 Å². The van der Waals surface area contributed by atoms with Gasteiger partial charge in [-0.1, -0.05) is 12.8 Å². The van der Waals surface area contributed by atoms with E-state index in [1.165, 1.54) is 25.7 Å². The normalized spacial score (nSPS) is 15.6. The van der Waals surface area contributed by atoms with E-state index < -0.39 is 0 Å². The Morgan fingerprint density at radius 2 is 2.15 bits per heavy atom. The van der Waals surface area contributed by atoms with E-state index in [1.807, 2.05) is 7.05 Å². The number of ether oxygens (including phenoxy) is 1. The van der Waals surface area contributed by atoms with Crippen LogP contribution in [0.4, 0.5) is 11.4 Å². The molecule has 0 aliphatic heterocycles. The van der Waals surface area contributed by atoms with Crippen molar-refractivity contribution in [2.24, 2.45) is 0 Å². The van der Waals surface area contributed by atoms with E-state index in [4.69, 9.17) is 10.5 Å². The van der Waals surface area contributed by atoms with Gasteiger partial charge in [0.2, 0.25) is 5.91 Å². The van der Waals surface area contributed by atoms with Gasteiger partial charge in [-0.3, -0.25) is 9.69 Å². The van der Waals surface area contributed by atoms with Crippen LogP contribution in [0.3, 0.4) is 0 Å². The predicted molar refractivity (Wildman–Crippen MR) is 80.9 cm³/mol. The average molecular weight is 277 g/mol. The monoisotopic (exact) mass is 277 g/mol. The van der Waals surface area contributed by atoms with Crippen LogP contribution in [0.2, 0.25) is 0 Å². The van der Waals surface area contributed by atoms with Crippen LogP contribution >= 0.6 is 0 Å². The van der Waals surface area contributed by atoms with Crippen LogP contribution in [-0.2, 0) is 4.79 Å². The second kappa shape index (κ2) is 6.61. The van der Waals surface area contributed by atoms with Crippen molar-refractivity contribution >= 4 is 17.3 Å². The summed E-state index contributed by atoms with van der Waals surface area (Å²) in [6.45, 7) is 0.391. The molecule has 1 amide bonds. The van der Waals surface area contributed by atoms with Crippen LogP contribution in [0.25, 0.3) is 0 Å². The molecular weight excluding hydrogens is 254 g/mol. The van der Waals surface area contributed by atoms with Crippen molar-refractivity contribution in [3.05, 3.63) is 18.2 Å². The maximum absolute atomic E-state index is 12.1. The third-order valence-electron chi connectivity index (χ3n) is 3.84. The number of likely N-dealkylation sites (N-methyl/N-ethyl adjacent to an activating group) is 1. The summed E-state index contributed by atoms with van der Waals surface area (Å²) in [5, 5.41) is 2.87. The second-order valence-corrected chi connectivity index (χ2v) is 5.36. The summed E-state index contributed by atoms with van der Waals surface area (Å²) in [6.07, 6.45) is 4.90. The van der Waals surface area contributed by atoms with Gasteiger partial charge in [-0.2, -0.15) is 0 Å². The van der Waals surface area contributed by atoms with Crippen molar-refractivity contribution in [3.8, 4) is 5.75 Å². The molecule has 0 spiro atoms. The molecule has 5 nitrogen and oxygen atoms in total. The van der Waals surface area contributed by atoms with E-state index in [1.54, 1.807) is 25.3 Å². The molecule has 110 valence electrons. The molecule has 1 aromatic carbocycles. The lowest BCUT2D eigenvalue weighted by Gasteiger charge is -2.23. The highest BCUT2D eigenvalue weighted by Gasteiger charge is 2.21. The number of carbonyl (C=O) groups excluding carboxylic acids is 1. The number of nitrogens with two attached hydrogens (primary N) is 1. The van der Waals surface area contributed by atoms with Gasteiger partial charge in [0, 0.05) is 11.7 Å². The highest BCUT2D eigenvalue weighted by atomic mass is 16.5. The van der Waals surface area contributed by atoms with Gasteiger partial charge in [-0.05, 0) is 38.1 Å². The van der Waals surface area contributed by atoms with Gasteiger partial charge in [0.05, 0.1) is 19.3 Å². The summed E-state index contributed by atoms with van der Waals surface area (Å²) in [4.78, 5) is 14.2. The van der Waals surface area contributed by atoms with Gasteiger partial charge in [0.15, 0.2) is 0 Å². The lowest BCUT2D eigenvalue weighted by Crippen LogP contribution is -2.36. The lowest BCUT2D eigenvalue weighted by atomic mass is 10.2. The smallest absolute Gasteiger partial charge is 0.238 e. The summed E-state index contributed by atoms with van der Waals surface area (Å²) >= 11 is 0. The molecule has 0 heterocycles. The third kappa shape index (κ3) is 3.63. The molecule has 5 heteroatoms. The number of hydrogen-bond acceptors (Lipinski definition) is 4. The number of anilines is 2. The van der Waals surface area contributed by atoms with Gasteiger partial charge in [0.1, 0.15) is 5.75 Å². The maximum atomic E-state index is 12.1. The molecule has 0 unspecified atom stereocenters. The molecule has 0 aromatic heterocycles. The van der Waals surface area contributed by atoms with Gasteiger partial charge >= 0.3 is 0 Å². The molecule has 1 saturated carbocycles. The molecule has 1 fully saturated rings. The first-order valence-electron chi connectivity index (χ1n) is 7.03. The van der Waals surface area contributed by atoms with Crippen LogP contribution < -0.4 is 15.8 Å². The number of nitrogen functional groups attached to an aromatic ring is 1. The first kappa shape index (κ1) is 14.7. The lowest BCUT2D eigenvalue weighted by molar-refractivity contribution is -0.117. The molecule has 2 rings (SSSR count). The summed E-state index contributed by atoms with van der Waals surface area (Å²) in [7, 11) is 3.58. The van der Waals surface area contributed by atoms with Crippen molar-refractivity contribution in [2.75, 3.05) is 31.8 Å². The van der Waals surface area contributed by atoms with E-state index in [0.717, 1.165) is 0 Å². The minimum absolute atomic E-state index is 0.0386. The molecule has 20 heavy (non-hydrogen) atoms. The fourth-order valence-corrected chi connectivity index (χ4v) is 2.71. The SMILES string of the molecule is COc1ccc(N)cc1NC(=O)CN(C)C1CCCC1. The molecule has 0 atom stereocenters. The van der Waals surface area contributed by atoms with Crippen LogP contribution in [0.1, 0.15) is 25.7 Å². The number of nitrogens with one attached hydrogen (secondary N) is 1. The number of hydrogen-bond donors (Lipinski definition) is 2. The second-order valence-electron chi connectivity index (χ2n) is 5.36. The zero-order chi connectivity index (χ0) is 14.5. The quantitative estimate of drug-likeness (QED) is 0.809. The molecule has 3 N–H and O–H groups in total. The molecule has 1 aromatic rings. The van der Waals surface area contributed by atoms with Crippen LogP contribution in [0.15, 0.2) is 18.2 Å². The Kier molecular flexibility index (Phi) is 4.84. The minimum atomic E-state index is -0.0386. The Hall–Kier alpha value is -1.75. The number of carbonyl (C=O) groups is 1. The Bertz CT molecular complexity index is 470. The van der Waals surface area contributed by atoms with E-state index in [9.17, 15) is 4.79 Å². The number of methoxy groups -OCH3 is 1. The van der Waals surface area contributed by atoms with Gasteiger partial charge < -0.3 is 15.8 Å². The van der Waals surface area contributed by atoms with E-state index >= 15 is 0 Å². The predicted octanol–water partition coefficient (Wildman–Crippen LogP) is 2.09. The summed E-state index contributed by atoms with van der Waals surface area (Å²) < 4.78 is 5.22. The molecule has 0 radical (unpaired) electrons. The summed E-state index contributed by atoms with van der Waals surface area (Å²) in [5.41, 5.74) is 6.97. The molecule has 0 saturated heterocycles. The zero-order valence-corrected chi connectivity index (χ0v) is 12.2. The Morgan fingerprint density at radius 3 is 2.80 bits per heavy atom. The largest absolute Gasteiger partial charge is 0.495 e. The number of amides is 1. The first-order chi connectivity index (χ1) is 9.60. The fourth-order valence-electron chi connectivity index (χ4n) is 2.71. The van der Waals surface area contributed by atoms with Gasteiger partial charge in [-0.25, -0.2) is 0 Å². The van der Waals surface area contributed by atoms with Crippen LogP contribution in [0.5, 0.6) is 5.75 Å². The molecular formula is C15H23N3O2. The number of benzene rings is 1.